The van der Waals surface area contributed by atoms with Crippen LogP contribution in [0.4, 0.5) is 0 Å². The number of carboxylic acid groups (broad SMARTS) is 1. The summed E-state index contributed by atoms with van der Waals surface area (Å²) in [5.41, 5.74) is 3.35. The molecule has 0 atom stereocenters. The summed E-state index contributed by atoms with van der Waals surface area (Å²) in [5, 5.41) is 13.2. The normalized spacial score (nSPS) is 10.8. The average molecular weight is 205 g/mol. The summed E-state index contributed by atoms with van der Waals surface area (Å²) >= 11 is 0. The molecule has 0 amide bonds. The van der Waals surface area contributed by atoms with E-state index in [-0.39, 0.29) is 6.42 Å². The van der Waals surface area contributed by atoms with Crippen molar-refractivity contribution >= 4 is 16.9 Å². The van der Waals surface area contributed by atoms with Crippen molar-refractivity contribution in [3.05, 3.63) is 29.0 Å². The van der Waals surface area contributed by atoms with Crippen molar-refractivity contribution in [1.29, 1.82) is 0 Å². The summed E-state index contributed by atoms with van der Waals surface area (Å²) < 4.78 is 5.07. The first-order valence-corrected chi connectivity index (χ1v) is 4.65. The number of aliphatic carboxylic acids is 1. The van der Waals surface area contributed by atoms with Crippen LogP contribution in [0, 0.1) is 13.8 Å². The smallest absolute Gasteiger partial charge is 0.309 e. The van der Waals surface area contributed by atoms with Crippen LogP contribution in [-0.2, 0) is 11.2 Å². The molecule has 1 heterocycles. The highest BCUT2D eigenvalue weighted by atomic mass is 16.5. The second-order valence-corrected chi connectivity index (χ2v) is 3.63. The van der Waals surface area contributed by atoms with Gasteiger partial charge in [0.05, 0.1) is 6.42 Å². The van der Waals surface area contributed by atoms with Gasteiger partial charge >= 0.3 is 5.97 Å². The Balaban J connectivity index is 2.59. The minimum absolute atomic E-state index is 0.102. The van der Waals surface area contributed by atoms with Crippen LogP contribution in [-0.4, -0.2) is 16.2 Å². The van der Waals surface area contributed by atoms with Crippen molar-refractivity contribution in [3.8, 4) is 0 Å². The summed E-state index contributed by atoms with van der Waals surface area (Å²) in [6, 6.07) is 3.79. The number of aromatic nitrogens is 1. The van der Waals surface area contributed by atoms with Crippen LogP contribution in [0.5, 0.6) is 0 Å². The molecule has 0 fully saturated rings. The molecule has 4 heteroatoms. The molecular weight excluding hydrogens is 194 g/mol. The number of hydrogen-bond donors (Lipinski definition) is 1. The van der Waals surface area contributed by atoms with Gasteiger partial charge in [-0.15, -0.1) is 0 Å². The maximum Gasteiger partial charge on any atom is 0.309 e. The Morgan fingerprint density at radius 1 is 1.40 bits per heavy atom. The first-order valence-electron chi connectivity index (χ1n) is 4.65. The first-order chi connectivity index (χ1) is 7.08. The van der Waals surface area contributed by atoms with E-state index in [9.17, 15) is 4.79 Å². The highest BCUT2D eigenvalue weighted by molar-refractivity contribution is 5.84. The topological polar surface area (TPSA) is 63.3 Å². The number of nitrogens with zero attached hydrogens (tertiary/aromatic N) is 1. The maximum absolute atomic E-state index is 10.6. The van der Waals surface area contributed by atoms with E-state index >= 15 is 0 Å². The highest BCUT2D eigenvalue weighted by Crippen LogP contribution is 2.22. The van der Waals surface area contributed by atoms with Gasteiger partial charge in [0.2, 0.25) is 0 Å². The lowest BCUT2D eigenvalue weighted by atomic mass is 10.1. The number of rotatable bonds is 2. The Hall–Kier alpha value is -1.84. The number of hydrogen-bond acceptors (Lipinski definition) is 3. The lowest BCUT2D eigenvalue weighted by Crippen LogP contribution is -2.00. The summed E-state index contributed by atoms with van der Waals surface area (Å²) in [4.78, 5) is 10.6. The first kappa shape index (κ1) is 9.71. The fourth-order valence-electron chi connectivity index (χ4n) is 1.51. The van der Waals surface area contributed by atoms with Crippen LogP contribution in [0.25, 0.3) is 11.0 Å². The van der Waals surface area contributed by atoms with Crippen LogP contribution in [0.3, 0.4) is 0 Å². The SMILES string of the molecule is Cc1cc2onc(CC(=O)O)c2cc1C. The van der Waals surface area contributed by atoms with Gasteiger partial charge in [-0.2, -0.15) is 0 Å². The zero-order valence-corrected chi connectivity index (χ0v) is 8.57. The van der Waals surface area contributed by atoms with Crippen LogP contribution in [0.15, 0.2) is 16.7 Å². The van der Waals surface area contributed by atoms with Gasteiger partial charge in [0.1, 0.15) is 5.69 Å². The summed E-state index contributed by atoms with van der Waals surface area (Å²) in [6.45, 7) is 3.96. The standard InChI is InChI=1S/C11H11NO3/c1-6-3-8-9(5-11(13)14)12-15-10(8)4-7(6)2/h3-4H,5H2,1-2H3,(H,13,14). The van der Waals surface area contributed by atoms with Crippen molar-refractivity contribution < 1.29 is 14.4 Å². The van der Waals surface area contributed by atoms with Crippen molar-refractivity contribution in [3.63, 3.8) is 0 Å². The molecule has 0 spiro atoms. The number of fused-ring (bicyclic) bond motifs is 1. The van der Waals surface area contributed by atoms with Crippen LogP contribution in [0.1, 0.15) is 16.8 Å². The molecule has 0 aliphatic carbocycles. The third-order valence-electron chi connectivity index (χ3n) is 2.48. The Labute approximate surface area is 86.5 Å². The molecule has 0 radical (unpaired) electrons. The van der Waals surface area contributed by atoms with Crippen molar-refractivity contribution in [2.24, 2.45) is 0 Å². The van der Waals surface area contributed by atoms with E-state index in [0.29, 0.717) is 11.3 Å². The van der Waals surface area contributed by atoms with Crippen molar-refractivity contribution in [2.75, 3.05) is 0 Å². The number of carboxylic acids is 1. The molecule has 0 aliphatic rings. The van der Waals surface area contributed by atoms with Crippen molar-refractivity contribution in [1.82, 2.24) is 5.16 Å². The molecule has 78 valence electrons. The molecule has 1 N–H and O–H groups in total. The largest absolute Gasteiger partial charge is 0.481 e. The van der Waals surface area contributed by atoms with Crippen LogP contribution in [0.2, 0.25) is 0 Å². The molecule has 2 rings (SSSR count). The van der Waals surface area contributed by atoms with Gasteiger partial charge in [-0.05, 0) is 37.1 Å². The zero-order chi connectivity index (χ0) is 11.0. The lowest BCUT2D eigenvalue weighted by Gasteiger charge is -1.98. The van der Waals surface area contributed by atoms with E-state index in [1.807, 2.05) is 26.0 Å². The fourth-order valence-corrected chi connectivity index (χ4v) is 1.51. The van der Waals surface area contributed by atoms with E-state index in [2.05, 4.69) is 5.16 Å². The second kappa shape index (κ2) is 3.38. The minimum Gasteiger partial charge on any atom is -0.481 e. The number of carbonyl (C=O) groups is 1. The average Bonchev–Trinajstić information content (AvgIpc) is 2.49. The second-order valence-electron chi connectivity index (χ2n) is 3.63. The van der Waals surface area contributed by atoms with E-state index in [0.717, 1.165) is 16.5 Å². The third-order valence-corrected chi connectivity index (χ3v) is 2.48. The molecule has 0 saturated heterocycles. The lowest BCUT2D eigenvalue weighted by molar-refractivity contribution is -0.136. The molecule has 0 unspecified atom stereocenters. The Morgan fingerprint density at radius 3 is 2.73 bits per heavy atom. The Kier molecular flexibility index (Phi) is 2.19. The van der Waals surface area contributed by atoms with Gasteiger partial charge in [-0.1, -0.05) is 5.16 Å². The molecule has 0 saturated carbocycles. The van der Waals surface area contributed by atoms with Gasteiger partial charge in [0.15, 0.2) is 5.58 Å². The Morgan fingerprint density at radius 2 is 2.07 bits per heavy atom. The molecular formula is C11H11NO3. The molecule has 2 aromatic rings. The van der Waals surface area contributed by atoms with Gasteiger partial charge in [-0.3, -0.25) is 4.79 Å². The third kappa shape index (κ3) is 1.70. The molecule has 1 aromatic heterocycles. The van der Waals surface area contributed by atoms with Crippen LogP contribution >= 0.6 is 0 Å². The van der Waals surface area contributed by atoms with Gasteiger partial charge in [0, 0.05) is 5.39 Å². The van der Waals surface area contributed by atoms with Crippen LogP contribution < -0.4 is 0 Å². The molecule has 4 nitrogen and oxygen atoms in total. The van der Waals surface area contributed by atoms with E-state index in [1.54, 1.807) is 0 Å². The monoisotopic (exact) mass is 205 g/mol. The molecule has 0 bridgehead atoms. The predicted octanol–water partition coefficient (Wildman–Crippen LogP) is 2.07. The molecule has 15 heavy (non-hydrogen) atoms. The van der Waals surface area contributed by atoms with Crippen molar-refractivity contribution in [2.45, 2.75) is 20.3 Å². The van der Waals surface area contributed by atoms with E-state index in [1.165, 1.54) is 0 Å². The zero-order valence-electron chi connectivity index (χ0n) is 8.57. The summed E-state index contributed by atoms with van der Waals surface area (Å²) in [6.07, 6.45) is -0.102. The molecule has 0 aliphatic heterocycles. The number of aryl methyl sites for hydroxylation is 2. The Bertz CT molecular complexity index is 528. The maximum atomic E-state index is 10.6. The predicted molar refractivity (Wildman–Crippen MR) is 54.8 cm³/mol. The number of benzene rings is 1. The van der Waals surface area contributed by atoms with Gasteiger partial charge < -0.3 is 9.63 Å². The highest BCUT2D eigenvalue weighted by Gasteiger charge is 2.12. The van der Waals surface area contributed by atoms with Gasteiger partial charge in [0.25, 0.3) is 0 Å². The van der Waals surface area contributed by atoms with E-state index < -0.39 is 5.97 Å². The summed E-state index contributed by atoms with van der Waals surface area (Å²) in [5.74, 6) is -0.900. The van der Waals surface area contributed by atoms with Gasteiger partial charge in [-0.25, -0.2) is 0 Å². The molecule has 1 aromatic carbocycles. The summed E-state index contributed by atoms with van der Waals surface area (Å²) in [7, 11) is 0. The quantitative estimate of drug-likeness (QED) is 0.815. The fraction of sp³-hybridized carbons (Fsp3) is 0.273. The van der Waals surface area contributed by atoms with E-state index in [4.69, 9.17) is 9.63 Å². The minimum atomic E-state index is -0.900.